The topological polar surface area (TPSA) is 79.4 Å². The number of nitrogens with zero attached hydrogens (tertiary/aromatic N) is 3. The van der Waals surface area contributed by atoms with Crippen molar-refractivity contribution in [3.05, 3.63) is 18.1 Å². The van der Waals surface area contributed by atoms with E-state index in [0.29, 0.717) is 18.1 Å². The molecule has 0 atom stereocenters. The number of rotatable bonds is 7. The van der Waals surface area contributed by atoms with Crippen molar-refractivity contribution in [3.63, 3.8) is 0 Å². The number of ether oxygens (including phenoxy) is 1. The zero-order chi connectivity index (χ0) is 14.9. The molecule has 2 rings (SSSR count). The van der Waals surface area contributed by atoms with Gasteiger partial charge in [0.15, 0.2) is 0 Å². The number of anilines is 1. The van der Waals surface area contributed by atoms with Gasteiger partial charge in [0, 0.05) is 38.8 Å². The van der Waals surface area contributed by atoms with Crippen molar-refractivity contribution in [2.24, 2.45) is 0 Å². The fourth-order valence-corrected chi connectivity index (χ4v) is 2.07. The van der Waals surface area contributed by atoms with Crippen LogP contribution in [0, 0.1) is 0 Å². The Bertz CT molecular complexity index is 449. The van der Waals surface area contributed by atoms with E-state index in [1.807, 2.05) is 0 Å². The highest BCUT2D eigenvalue weighted by molar-refractivity contribution is 5.92. The maximum Gasteiger partial charge on any atom is 0.270 e. The summed E-state index contributed by atoms with van der Waals surface area (Å²) >= 11 is 0. The van der Waals surface area contributed by atoms with Gasteiger partial charge in [0.05, 0.1) is 13.2 Å². The number of hydrogen-bond acceptors (Lipinski definition) is 6. The molecule has 21 heavy (non-hydrogen) atoms. The van der Waals surface area contributed by atoms with E-state index < -0.39 is 0 Å². The van der Waals surface area contributed by atoms with Gasteiger partial charge >= 0.3 is 0 Å². The Balaban J connectivity index is 1.76. The lowest BCUT2D eigenvalue weighted by Crippen LogP contribution is -2.41. The summed E-state index contributed by atoms with van der Waals surface area (Å²) in [5.74, 6) is 0.524. The highest BCUT2D eigenvalue weighted by Crippen LogP contribution is 2.04. The van der Waals surface area contributed by atoms with E-state index >= 15 is 0 Å². The molecule has 1 amide bonds. The van der Waals surface area contributed by atoms with Crippen LogP contribution in [0.15, 0.2) is 12.4 Å². The van der Waals surface area contributed by atoms with Crippen LogP contribution in [0.2, 0.25) is 0 Å². The lowest BCUT2D eigenvalue weighted by Gasteiger charge is -2.26. The Hall–Kier alpha value is -1.73. The molecule has 0 aliphatic carbocycles. The minimum absolute atomic E-state index is 0.162. The van der Waals surface area contributed by atoms with Crippen molar-refractivity contribution in [3.8, 4) is 0 Å². The fraction of sp³-hybridized carbons (Fsp3) is 0.643. The van der Waals surface area contributed by atoms with Crippen LogP contribution >= 0.6 is 0 Å². The molecule has 1 fully saturated rings. The first-order valence-electron chi connectivity index (χ1n) is 7.44. The van der Waals surface area contributed by atoms with Gasteiger partial charge < -0.3 is 15.4 Å². The van der Waals surface area contributed by atoms with Crippen LogP contribution in [0.25, 0.3) is 0 Å². The molecule has 1 aliphatic rings. The summed E-state index contributed by atoms with van der Waals surface area (Å²) in [4.78, 5) is 22.4. The number of aromatic nitrogens is 2. The van der Waals surface area contributed by atoms with Gasteiger partial charge in [-0.2, -0.15) is 0 Å². The SMILES string of the molecule is CCCNc1cc(C(=O)NCCN2CCOCC2)ncn1. The second-order valence-electron chi connectivity index (χ2n) is 4.93. The highest BCUT2D eigenvalue weighted by Gasteiger charge is 2.12. The average molecular weight is 293 g/mol. The summed E-state index contributed by atoms with van der Waals surface area (Å²) < 4.78 is 5.29. The van der Waals surface area contributed by atoms with Crippen molar-refractivity contribution in [2.45, 2.75) is 13.3 Å². The van der Waals surface area contributed by atoms with Crippen LogP contribution in [-0.4, -0.2) is 66.7 Å². The Morgan fingerprint density at radius 3 is 2.90 bits per heavy atom. The Morgan fingerprint density at radius 2 is 2.14 bits per heavy atom. The van der Waals surface area contributed by atoms with E-state index in [9.17, 15) is 4.79 Å². The number of hydrogen-bond donors (Lipinski definition) is 2. The minimum Gasteiger partial charge on any atom is -0.379 e. The maximum atomic E-state index is 12.0. The second kappa shape index (κ2) is 8.53. The van der Waals surface area contributed by atoms with Gasteiger partial charge in [-0.25, -0.2) is 9.97 Å². The number of nitrogens with one attached hydrogen (secondary N) is 2. The number of amides is 1. The molecule has 0 radical (unpaired) electrons. The van der Waals surface area contributed by atoms with E-state index in [2.05, 4.69) is 32.4 Å². The van der Waals surface area contributed by atoms with Crippen LogP contribution in [0.1, 0.15) is 23.8 Å². The standard InChI is InChI=1S/C14H23N5O2/c1-2-3-15-13-10-12(17-11-18-13)14(20)16-4-5-19-6-8-21-9-7-19/h10-11H,2-9H2,1H3,(H,16,20)(H,15,17,18). The van der Waals surface area contributed by atoms with E-state index in [1.54, 1.807) is 6.07 Å². The maximum absolute atomic E-state index is 12.0. The third-order valence-electron chi connectivity index (χ3n) is 3.27. The summed E-state index contributed by atoms with van der Waals surface area (Å²) in [5, 5.41) is 6.03. The number of carbonyl (C=O) groups is 1. The van der Waals surface area contributed by atoms with E-state index in [4.69, 9.17) is 4.74 Å². The van der Waals surface area contributed by atoms with E-state index in [-0.39, 0.29) is 5.91 Å². The van der Waals surface area contributed by atoms with Gasteiger partial charge in [-0.05, 0) is 6.42 Å². The smallest absolute Gasteiger partial charge is 0.270 e. The van der Waals surface area contributed by atoms with Gasteiger partial charge in [-0.15, -0.1) is 0 Å². The predicted molar refractivity (Wildman–Crippen MR) is 80.4 cm³/mol. The molecule has 0 unspecified atom stereocenters. The largest absolute Gasteiger partial charge is 0.379 e. The number of carbonyl (C=O) groups excluding carboxylic acids is 1. The van der Waals surface area contributed by atoms with Crippen LogP contribution in [0.4, 0.5) is 5.82 Å². The molecule has 0 spiro atoms. The summed E-state index contributed by atoms with van der Waals surface area (Å²) in [6, 6.07) is 1.68. The van der Waals surface area contributed by atoms with Crippen molar-refractivity contribution >= 4 is 11.7 Å². The van der Waals surface area contributed by atoms with Crippen molar-refractivity contribution in [1.82, 2.24) is 20.2 Å². The van der Waals surface area contributed by atoms with Crippen molar-refractivity contribution in [1.29, 1.82) is 0 Å². The van der Waals surface area contributed by atoms with Gasteiger partial charge in [-0.3, -0.25) is 9.69 Å². The lowest BCUT2D eigenvalue weighted by atomic mass is 10.3. The molecule has 7 heteroatoms. The molecule has 0 aromatic carbocycles. The van der Waals surface area contributed by atoms with Crippen LogP contribution in [0.3, 0.4) is 0 Å². The Morgan fingerprint density at radius 1 is 1.33 bits per heavy atom. The molecule has 1 aliphatic heterocycles. The van der Waals surface area contributed by atoms with Crippen molar-refractivity contribution < 1.29 is 9.53 Å². The van der Waals surface area contributed by atoms with Crippen LogP contribution in [-0.2, 0) is 4.74 Å². The first kappa shape index (κ1) is 15.7. The molecule has 0 saturated carbocycles. The number of morpholine rings is 1. The monoisotopic (exact) mass is 293 g/mol. The third-order valence-corrected chi connectivity index (χ3v) is 3.27. The summed E-state index contributed by atoms with van der Waals surface area (Å²) in [7, 11) is 0. The summed E-state index contributed by atoms with van der Waals surface area (Å²) in [6.07, 6.45) is 2.42. The predicted octanol–water partition coefficient (Wildman–Crippen LogP) is 0.361. The van der Waals surface area contributed by atoms with Gasteiger partial charge in [-0.1, -0.05) is 6.92 Å². The normalized spacial score (nSPS) is 15.7. The molecule has 116 valence electrons. The Kier molecular flexibility index (Phi) is 6.36. The molecular formula is C14H23N5O2. The van der Waals surface area contributed by atoms with E-state index in [0.717, 1.165) is 45.8 Å². The molecule has 2 N–H and O–H groups in total. The van der Waals surface area contributed by atoms with Gasteiger partial charge in [0.25, 0.3) is 5.91 Å². The molecule has 0 bridgehead atoms. The van der Waals surface area contributed by atoms with Gasteiger partial charge in [0.2, 0.25) is 0 Å². The minimum atomic E-state index is -0.162. The summed E-state index contributed by atoms with van der Waals surface area (Å²) in [5.41, 5.74) is 0.394. The Labute approximate surface area is 125 Å². The van der Waals surface area contributed by atoms with E-state index in [1.165, 1.54) is 6.33 Å². The highest BCUT2D eigenvalue weighted by atomic mass is 16.5. The van der Waals surface area contributed by atoms with Crippen LogP contribution < -0.4 is 10.6 Å². The lowest BCUT2D eigenvalue weighted by molar-refractivity contribution is 0.0383. The zero-order valence-corrected chi connectivity index (χ0v) is 12.5. The summed E-state index contributed by atoms with van der Waals surface area (Å²) in [6.45, 7) is 7.74. The molecule has 1 aromatic rings. The second-order valence-corrected chi connectivity index (χ2v) is 4.93. The van der Waals surface area contributed by atoms with Crippen LogP contribution in [0.5, 0.6) is 0 Å². The molecule has 1 aromatic heterocycles. The quantitative estimate of drug-likeness (QED) is 0.756. The average Bonchev–Trinajstić information content (AvgIpc) is 2.54. The molecule has 2 heterocycles. The molecule has 7 nitrogen and oxygen atoms in total. The third kappa shape index (κ3) is 5.28. The first-order valence-corrected chi connectivity index (χ1v) is 7.44. The van der Waals surface area contributed by atoms with Gasteiger partial charge in [0.1, 0.15) is 17.8 Å². The zero-order valence-electron chi connectivity index (χ0n) is 12.5. The fourth-order valence-electron chi connectivity index (χ4n) is 2.07. The molecular weight excluding hydrogens is 270 g/mol. The van der Waals surface area contributed by atoms with Crippen molar-refractivity contribution in [2.75, 3.05) is 51.3 Å². The first-order chi connectivity index (χ1) is 10.3. The molecule has 1 saturated heterocycles.